The third-order valence-corrected chi connectivity index (χ3v) is 1.76. The molecule has 0 aliphatic heterocycles. The van der Waals surface area contributed by atoms with E-state index >= 15 is 0 Å². The van der Waals surface area contributed by atoms with Crippen molar-refractivity contribution in [2.75, 3.05) is 30.5 Å². The first-order valence-corrected chi connectivity index (χ1v) is 3.85. The van der Waals surface area contributed by atoms with Crippen LogP contribution in [0.25, 0.3) is 0 Å². The maximum Gasteiger partial charge on any atom is 0.0828 e. The summed E-state index contributed by atoms with van der Waals surface area (Å²) in [5.41, 5.74) is 15.1. The Hall–Kier alpha value is -1.38. The lowest BCUT2D eigenvalue weighted by Crippen LogP contribution is -2.13. The molecule has 0 atom stereocenters. The summed E-state index contributed by atoms with van der Waals surface area (Å²) < 4.78 is 0. The number of hydrogen-bond acceptors (Lipinski definition) is 3. The van der Waals surface area contributed by atoms with Gasteiger partial charge in [-0.05, 0) is 24.6 Å². The molecular weight excluding hydrogens is 150 g/mol. The molecule has 0 aromatic heterocycles. The Morgan fingerprint density at radius 1 is 1.08 bits per heavy atom. The van der Waals surface area contributed by atoms with Crippen LogP contribution in [0, 0.1) is 6.92 Å². The second-order valence-electron chi connectivity index (χ2n) is 3.19. The van der Waals surface area contributed by atoms with Gasteiger partial charge in [0.1, 0.15) is 0 Å². The van der Waals surface area contributed by atoms with Gasteiger partial charge in [-0.1, -0.05) is 0 Å². The Morgan fingerprint density at radius 3 is 1.83 bits per heavy atom. The molecule has 0 saturated heterocycles. The normalized spacial score (nSPS) is 9.92. The predicted octanol–water partition coefficient (Wildman–Crippen LogP) is 1.23. The Balaban J connectivity index is 3.28. The maximum absolute atomic E-state index is 5.80. The van der Waals surface area contributed by atoms with E-state index in [1.807, 2.05) is 38.1 Å². The molecule has 4 N–H and O–H groups in total. The van der Waals surface area contributed by atoms with Crippen molar-refractivity contribution in [3.63, 3.8) is 0 Å². The molecule has 0 amide bonds. The summed E-state index contributed by atoms with van der Waals surface area (Å²) in [6.07, 6.45) is 0. The second kappa shape index (κ2) is 2.93. The molecule has 1 aromatic carbocycles. The minimum atomic E-state index is 0.734. The molecule has 0 heterocycles. The molecule has 3 nitrogen and oxygen atoms in total. The summed E-state index contributed by atoms with van der Waals surface area (Å²) in [5.74, 6) is 0. The third kappa shape index (κ3) is 1.44. The van der Waals surface area contributed by atoms with Crippen molar-refractivity contribution in [2.45, 2.75) is 6.92 Å². The van der Waals surface area contributed by atoms with Gasteiger partial charge in [0, 0.05) is 14.1 Å². The van der Waals surface area contributed by atoms with E-state index in [0.717, 1.165) is 22.6 Å². The molecule has 0 fully saturated rings. The van der Waals surface area contributed by atoms with E-state index in [4.69, 9.17) is 11.5 Å². The molecule has 0 aliphatic rings. The molecule has 0 unspecified atom stereocenters. The largest absolute Gasteiger partial charge is 0.397 e. The van der Waals surface area contributed by atoms with Crippen LogP contribution in [0.15, 0.2) is 12.1 Å². The monoisotopic (exact) mass is 165 g/mol. The lowest BCUT2D eigenvalue weighted by atomic mass is 10.1. The van der Waals surface area contributed by atoms with Gasteiger partial charge < -0.3 is 16.4 Å². The molecule has 1 rings (SSSR count). The fourth-order valence-corrected chi connectivity index (χ4v) is 1.35. The molecular formula is C9H15N3. The number of anilines is 3. The Bertz CT molecular complexity index is 269. The van der Waals surface area contributed by atoms with Gasteiger partial charge in [0.2, 0.25) is 0 Å². The average Bonchev–Trinajstić information content (AvgIpc) is 1.82. The quantitative estimate of drug-likeness (QED) is 0.615. The number of nitrogen functional groups attached to an aromatic ring is 2. The van der Waals surface area contributed by atoms with Crippen molar-refractivity contribution in [3.8, 4) is 0 Å². The molecule has 0 aliphatic carbocycles. The van der Waals surface area contributed by atoms with Crippen molar-refractivity contribution >= 4 is 17.1 Å². The van der Waals surface area contributed by atoms with E-state index in [1.54, 1.807) is 0 Å². The number of aryl methyl sites for hydroxylation is 1. The van der Waals surface area contributed by atoms with Gasteiger partial charge in [-0.3, -0.25) is 0 Å². The van der Waals surface area contributed by atoms with Crippen LogP contribution in [0.2, 0.25) is 0 Å². The van der Waals surface area contributed by atoms with Crippen LogP contribution in [-0.4, -0.2) is 14.1 Å². The number of hydrogen-bond donors (Lipinski definition) is 2. The summed E-state index contributed by atoms with van der Waals surface area (Å²) in [5, 5.41) is 0. The lowest BCUT2D eigenvalue weighted by Gasteiger charge is -2.18. The van der Waals surface area contributed by atoms with Gasteiger partial charge in [-0.25, -0.2) is 0 Å². The van der Waals surface area contributed by atoms with Crippen molar-refractivity contribution in [1.29, 1.82) is 0 Å². The van der Waals surface area contributed by atoms with E-state index < -0.39 is 0 Å². The SMILES string of the molecule is Cc1cc(N)c(N(C)C)c(N)c1. The smallest absolute Gasteiger partial charge is 0.0828 e. The standard InChI is InChI=1S/C9H15N3/c1-6-4-7(10)9(12(2)3)8(11)5-6/h4-5H,10-11H2,1-3H3. The molecule has 0 saturated carbocycles. The van der Waals surface area contributed by atoms with Crippen LogP contribution in [0.3, 0.4) is 0 Å². The van der Waals surface area contributed by atoms with Crippen LogP contribution in [0.5, 0.6) is 0 Å². The van der Waals surface area contributed by atoms with Gasteiger partial charge in [-0.15, -0.1) is 0 Å². The maximum atomic E-state index is 5.80. The fraction of sp³-hybridized carbons (Fsp3) is 0.333. The Labute approximate surface area is 73.0 Å². The van der Waals surface area contributed by atoms with E-state index in [9.17, 15) is 0 Å². The number of rotatable bonds is 1. The Kier molecular flexibility index (Phi) is 2.13. The summed E-state index contributed by atoms with van der Waals surface area (Å²) in [7, 11) is 3.86. The van der Waals surface area contributed by atoms with Crippen LogP contribution in [-0.2, 0) is 0 Å². The van der Waals surface area contributed by atoms with Gasteiger partial charge in [-0.2, -0.15) is 0 Å². The molecule has 1 aromatic rings. The fourth-order valence-electron chi connectivity index (χ4n) is 1.35. The summed E-state index contributed by atoms with van der Waals surface area (Å²) >= 11 is 0. The van der Waals surface area contributed by atoms with E-state index in [1.165, 1.54) is 0 Å². The molecule has 0 spiro atoms. The first kappa shape index (κ1) is 8.71. The average molecular weight is 165 g/mol. The Morgan fingerprint density at radius 2 is 1.50 bits per heavy atom. The van der Waals surface area contributed by atoms with E-state index in [0.29, 0.717) is 0 Å². The van der Waals surface area contributed by atoms with Crippen molar-refractivity contribution in [2.24, 2.45) is 0 Å². The zero-order chi connectivity index (χ0) is 9.30. The van der Waals surface area contributed by atoms with Crippen LogP contribution in [0.1, 0.15) is 5.56 Å². The summed E-state index contributed by atoms with van der Waals surface area (Å²) in [4.78, 5) is 1.92. The van der Waals surface area contributed by atoms with Crippen molar-refractivity contribution in [3.05, 3.63) is 17.7 Å². The zero-order valence-electron chi connectivity index (χ0n) is 7.76. The highest BCUT2D eigenvalue weighted by atomic mass is 15.1. The lowest BCUT2D eigenvalue weighted by molar-refractivity contribution is 1.13. The molecule has 12 heavy (non-hydrogen) atoms. The van der Waals surface area contributed by atoms with Crippen LogP contribution >= 0.6 is 0 Å². The first-order valence-electron chi connectivity index (χ1n) is 3.85. The molecule has 0 radical (unpaired) electrons. The summed E-state index contributed by atoms with van der Waals surface area (Å²) in [6, 6.07) is 3.84. The highest BCUT2D eigenvalue weighted by Crippen LogP contribution is 2.29. The first-order chi connectivity index (χ1) is 5.52. The number of nitrogens with two attached hydrogens (primary N) is 2. The van der Waals surface area contributed by atoms with Crippen molar-refractivity contribution in [1.82, 2.24) is 0 Å². The second-order valence-corrected chi connectivity index (χ2v) is 3.19. The van der Waals surface area contributed by atoms with Gasteiger partial charge in [0.05, 0.1) is 17.1 Å². The highest BCUT2D eigenvalue weighted by molar-refractivity contribution is 5.81. The number of nitrogens with zero attached hydrogens (tertiary/aromatic N) is 1. The topological polar surface area (TPSA) is 55.3 Å². The highest BCUT2D eigenvalue weighted by Gasteiger charge is 2.05. The molecule has 3 heteroatoms. The molecule has 0 bridgehead atoms. The zero-order valence-corrected chi connectivity index (χ0v) is 7.76. The van der Waals surface area contributed by atoms with Gasteiger partial charge in [0.25, 0.3) is 0 Å². The summed E-state index contributed by atoms with van der Waals surface area (Å²) in [6.45, 7) is 1.98. The van der Waals surface area contributed by atoms with Gasteiger partial charge >= 0.3 is 0 Å². The van der Waals surface area contributed by atoms with Gasteiger partial charge in [0.15, 0.2) is 0 Å². The van der Waals surface area contributed by atoms with E-state index in [2.05, 4.69) is 0 Å². The minimum Gasteiger partial charge on any atom is -0.397 e. The van der Waals surface area contributed by atoms with Crippen molar-refractivity contribution < 1.29 is 0 Å². The predicted molar refractivity (Wildman–Crippen MR) is 54.3 cm³/mol. The van der Waals surface area contributed by atoms with Crippen LogP contribution in [0.4, 0.5) is 17.1 Å². The number of benzene rings is 1. The minimum absolute atomic E-state index is 0.734. The molecule has 66 valence electrons. The third-order valence-electron chi connectivity index (χ3n) is 1.76. The van der Waals surface area contributed by atoms with Crippen LogP contribution < -0.4 is 16.4 Å². The van der Waals surface area contributed by atoms with E-state index in [-0.39, 0.29) is 0 Å².